The first-order chi connectivity index (χ1) is 13.7. The van der Waals surface area contributed by atoms with Crippen molar-refractivity contribution in [2.24, 2.45) is 0 Å². The summed E-state index contributed by atoms with van der Waals surface area (Å²) in [5.41, 5.74) is 3.33. The standard InChI is InChI=1S/C21H19N5O2/c1-15-23-20(28-25-15)12-18-4-2-3-5-19(18)24-21(27)17-8-6-16(7-9-17)13-26-11-10-22-14-26/h2-11,14H,12-13H2,1H3,(H,24,27). The number of carbonyl (C=O) groups is 1. The fourth-order valence-corrected chi connectivity index (χ4v) is 2.92. The number of anilines is 1. The monoisotopic (exact) mass is 373 g/mol. The normalized spacial score (nSPS) is 10.8. The lowest BCUT2D eigenvalue weighted by molar-refractivity contribution is 0.102. The molecule has 28 heavy (non-hydrogen) atoms. The first-order valence-electron chi connectivity index (χ1n) is 8.90. The Morgan fingerprint density at radius 2 is 1.96 bits per heavy atom. The molecular formula is C21H19N5O2. The summed E-state index contributed by atoms with van der Waals surface area (Å²) in [6, 6.07) is 15.1. The Hall–Kier alpha value is -3.74. The number of aromatic nitrogens is 4. The van der Waals surface area contributed by atoms with Crippen molar-refractivity contribution in [2.45, 2.75) is 19.9 Å². The summed E-state index contributed by atoms with van der Waals surface area (Å²) in [5.74, 6) is 0.943. The average molecular weight is 373 g/mol. The number of nitrogens with one attached hydrogen (secondary N) is 1. The highest BCUT2D eigenvalue weighted by Gasteiger charge is 2.12. The van der Waals surface area contributed by atoms with Crippen LogP contribution in [0.15, 0.2) is 71.8 Å². The summed E-state index contributed by atoms with van der Waals surface area (Å²) in [5, 5.41) is 6.78. The minimum atomic E-state index is -0.164. The molecule has 0 bridgehead atoms. The SMILES string of the molecule is Cc1noc(Cc2ccccc2NC(=O)c2ccc(Cn3ccnc3)cc2)n1. The topological polar surface area (TPSA) is 85.8 Å². The van der Waals surface area contributed by atoms with Crippen LogP contribution in [0, 0.1) is 6.92 Å². The minimum absolute atomic E-state index is 0.164. The summed E-state index contributed by atoms with van der Waals surface area (Å²) in [7, 11) is 0. The summed E-state index contributed by atoms with van der Waals surface area (Å²) in [6.45, 7) is 2.49. The van der Waals surface area contributed by atoms with Crippen LogP contribution in [0.3, 0.4) is 0 Å². The third kappa shape index (κ3) is 4.15. The molecule has 1 amide bonds. The van der Waals surface area contributed by atoms with Gasteiger partial charge in [-0.15, -0.1) is 0 Å². The smallest absolute Gasteiger partial charge is 0.255 e. The molecule has 0 spiro atoms. The van der Waals surface area contributed by atoms with E-state index in [1.165, 1.54) is 0 Å². The molecule has 140 valence electrons. The van der Waals surface area contributed by atoms with Crippen LogP contribution in [-0.4, -0.2) is 25.6 Å². The molecule has 2 aromatic heterocycles. The lowest BCUT2D eigenvalue weighted by atomic mass is 10.1. The van der Waals surface area contributed by atoms with E-state index < -0.39 is 0 Å². The van der Waals surface area contributed by atoms with Crippen LogP contribution in [0.4, 0.5) is 5.69 Å². The third-order valence-electron chi connectivity index (χ3n) is 4.32. The van der Waals surface area contributed by atoms with Gasteiger partial charge in [-0.1, -0.05) is 35.5 Å². The van der Waals surface area contributed by atoms with Crippen molar-refractivity contribution in [1.82, 2.24) is 19.7 Å². The van der Waals surface area contributed by atoms with Crippen molar-refractivity contribution >= 4 is 11.6 Å². The number of aryl methyl sites for hydroxylation is 1. The molecule has 0 saturated heterocycles. The molecule has 4 aromatic rings. The zero-order chi connectivity index (χ0) is 19.3. The maximum absolute atomic E-state index is 12.7. The first-order valence-corrected chi connectivity index (χ1v) is 8.90. The first kappa shape index (κ1) is 17.7. The molecule has 0 fully saturated rings. The van der Waals surface area contributed by atoms with Gasteiger partial charge in [0.05, 0.1) is 12.7 Å². The van der Waals surface area contributed by atoms with Gasteiger partial charge in [0, 0.05) is 30.2 Å². The third-order valence-corrected chi connectivity index (χ3v) is 4.32. The van der Waals surface area contributed by atoms with Gasteiger partial charge >= 0.3 is 0 Å². The Kier molecular flexibility index (Phi) is 4.97. The highest BCUT2D eigenvalue weighted by molar-refractivity contribution is 6.04. The van der Waals surface area contributed by atoms with Crippen molar-refractivity contribution in [3.63, 3.8) is 0 Å². The van der Waals surface area contributed by atoms with Gasteiger partial charge in [0.1, 0.15) is 0 Å². The lowest BCUT2D eigenvalue weighted by Gasteiger charge is -2.10. The van der Waals surface area contributed by atoms with E-state index in [-0.39, 0.29) is 5.91 Å². The average Bonchev–Trinajstić information content (AvgIpc) is 3.35. The van der Waals surface area contributed by atoms with Crippen molar-refractivity contribution in [2.75, 3.05) is 5.32 Å². The molecule has 2 aromatic carbocycles. The van der Waals surface area contributed by atoms with Gasteiger partial charge in [-0.25, -0.2) is 4.98 Å². The van der Waals surface area contributed by atoms with Gasteiger partial charge < -0.3 is 14.4 Å². The molecule has 4 rings (SSSR count). The van der Waals surface area contributed by atoms with Gasteiger partial charge in [-0.2, -0.15) is 4.98 Å². The number of hydrogen-bond donors (Lipinski definition) is 1. The summed E-state index contributed by atoms with van der Waals surface area (Å²) >= 11 is 0. The Morgan fingerprint density at radius 1 is 1.14 bits per heavy atom. The fraction of sp³-hybridized carbons (Fsp3) is 0.143. The second kappa shape index (κ2) is 7.87. The Labute approximate surface area is 162 Å². The van der Waals surface area contributed by atoms with Gasteiger partial charge in [0.25, 0.3) is 5.91 Å². The molecule has 0 aliphatic carbocycles. The van der Waals surface area contributed by atoms with E-state index in [1.54, 1.807) is 19.4 Å². The second-order valence-corrected chi connectivity index (χ2v) is 6.46. The zero-order valence-corrected chi connectivity index (χ0v) is 15.4. The molecule has 1 N–H and O–H groups in total. The van der Waals surface area contributed by atoms with Gasteiger partial charge in [0.15, 0.2) is 5.82 Å². The molecule has 7 heteroatoms. The molecule has 0 aliphatic heterocycles. The van der Waals surface area contributed by atoms with Crippen LogP contribution in [0.1, 0.15) is 33.2 Å². The lowest BCUT2D eigenvalue weighted by Crippen LogP contribution is -2.13. The van der Waals surface area contributed by atoms with E-state index in [4.69, 9.17) is 4.52 Å². The highest BCUT2D eigenvalue weighted by atomic mass is 16.5. The molecule has 0 atom stereocenters. The van der Waals surface area contributed by atoms with E-state index in [0.29, 0.717) is 30.2 Å². The van der Waals surface area contributed by atoms with E-state index in [0.717, 1.165) is 16.8 Å². The summed E-state index contributed by atoms with van der Waals surface area (Å²) in [4.78, 5) is 20.9. The number of nitrogens with zero attached hydrogens (tertiary/aromatic N) is 4. The maximum Gasteiger partial charge on any atom is 0.255 e. The van der Waals surface area contributed by atoms with Gasteiger partial charge in [-0.3, -0.25) is 4.79 Å². The van der Waals surface area contributed by atoms with Crippen molar-refractivity contribution in [3.05, 3.63) is 95.7 Å². The van der Waals surface area contributed by atoms with Crippen LogP contribution in [-0.2, 0) is 13.0 Å². The summed E-state index contributed by atoms with van der Waals surface area (Å²) < 4.78 is 7.17. The van der Waals surface area contributed by atoms with Crippen LogP contribution in [0.25, 0.3) is 0 Å². The largest absolute Gasteiger partial charge is 0.339 e. The molecule has 0 unspecified atom stereocenters. The molecule has 0 aliphatic rings. The molecule has 0 saturated carbocycles. The number of imidazole rings is 1. The highest BCUT2D eigenvalue weighted by Crippen LogP contribution is 2.19. The zero-order valence-electron chi connectivity index (χ0n) is 15.4. The number of para-hydroxylation sites is 1. The molecule has 0 radical (unpaired) electrons. The van der Waals surface area contributed by atoms with Crippen molar-refractivity contribution < 1.29 is 9.32 Å². The number of hydrogen-bond acceptors (Lipinski definition) is 5. The Morgan fingerprint density at radius 3 is 2.68 bits per heavy atom. The van der Waals surface area contributed by atoms with Gasteiger partial charge in [-0.05, 0) is 36.2 Å². The minimum Gasteiger partial charge on any atom is -0.339 e. The van der Waals surface area contributed by atoms with Crippen LogP contribution in [0.2, 0.25) is 0 Å². The second-order valence-electron chi connectivity index (χ2n) is 6.46. The molecule has 7 nitrogen and oxygen atoms in total. The van der Waals surface area contributed by atoms with E-state index in [2.05, 4.69) is 20.4 Å². The van der Waals surface area contributed by atoms with E-state index in [1.807, 2.05) is 59.3 Å². The van der Waals surface area contributed by atoms with E-state index >= 15 is 0 Å². The molecular weight excluding hydrogens is 354 g/mol. The maximum atomic E-state index is 12.7. The van der Waals surface area contributed by atoms with E-state index in [9.17, 15) is 4.79 Å². The summed E-state index contributed by atoms with van der Waals surface area (Å²) in [6.07, 6.45) is 5.88. The molecule has 2 heterocycles. The van der Waals surface area contributed by atoms with Gasteiger partial charge in [0.2, 0.25) is 5.89 Å². The van der Waals surface area contributed by atoms with Crippen LogP contribution in [0.5, 0.6) is 0 Å². The number of amides is 1. The predicted octanol–water partition coefficient (Wildman–Crippen LogP) is 3.47. The Balaban J connectivity index is 1.46. The number of benzene rings is 2. The quantitative estimate of drug-likeness (QED) is 0.559. The van der Waals surface area contributed by atoms with Crippen molar-refractivity contribution in [1.29, 1.82) is 0 Å². The van der Waals surface area contributed by atoms with Crippen LogP contribution < -0.4 is 5.32 Å². The Bertz CT molecular complexity index is 1070. The van der Waals surface area contributed by atoms with Crippen molar-refractivity contribution in [3.8, 4) is 0 Å². The number of rotatable bonds is 6. The fourth-order valence-electron chi connectivity index (χ4n) is 2.92. The number of carbonyl (C=O) groups excluding carboxylic acids is 1. The predicted molar refractivity (Wildman–Crippen MR) is 104 cm³/mol. The van der Waals surface area contributed by atoms with Crippen LogP contribution >= 0.6 is 0 Å².